The minimum atomic E-state index is -2.61. The standard InChI is InChI=1S/C22H30FN3O8/c1-12(2)17(24)20(30)25-13(3)21(31)26(15(10-16(27)28)18(29)19(23)33-4)22(32)34-11-14-8-6-5-7-9-14/h5-9,12-13,15,17,19H,10-11,24H2,1-4H3,(H,25,30)(H,27,28)/t13-,15-,17-,19?/m0/s1. The predicted molar refractivity (Wildman–Crippen MR) is 117 cm³/mol. The lowest BCUT2D eigenvalue weighted by atomic mass is 10.0. The van der Waals surface area contributed by atoms with Crippen molar-refractivity contribution in [1.82, 2.24) is 10.2 Å². The van der Waals surface area contributed by atoms with Crippen LogP contribution in [0.3, 0.4) is 0 Å². The molecule has 34 heavy (non-hydrogen) atoms. The fourth-order valence-electron chi connectivity index (χ4n) is 2.79. The van der Waals surface area contributed by atoms with E-state index in [0.29, 0.717) is 5.56 Å². The van der Waals surface area contributed by atoms with Crippen molar-refractivity contribution in [2.75, 3.05) is 7.11 Å². The molecule has 1 unspecified atom stereocenters. The van der Waals surface area contributed by atoms with Gasteiger partial charge in [-0.3, -0.25) is 19.2 Å². The number of hydrogen-bond acceptors (Lipinski definition) is 8. The minimum Gasteiger partial charge on any atom is -0.481 e. The van der Waals surface area contributed by atoms with E-state index in [9.17, 15) is 33.5 Å². The Morgan fingerprint density at radius 1 is 1.12 bits per heavy atom. The van der Waals surface area contributed by atoms with Crippen LogP contribution in [-0.2, 0) is 35.3 Å². The molecule has 11 nitrogen and oxygen atoms in total. The molecule has 4 N–H and O–H groups in total. The maximum atomic E-state index is 14.0. The molecule has 0 heterocycles. The first-order valence-electron chi connectivity index (χ1n) is 10.4. The van der Waals surface area contributed by atoms with E-state index in [-0.39, 0.29) is 17.4 Å². The zero-order valence-electron chi connectivity index (χ0n) is 19.4. The second-order valence-corrected chi connectivity index (χ2v) is 7.82. The van der Waals surface area contributed by atoms with Crippen molar-refractivity contribution in [1.29, 1.82) is 0 Å². The number of carbonyl (C=O) groups excluding carboxylic acids is 4. The van der Waals surface area contributed by atoms with E-state index >= 15 is 0 Å². The van der Waals surface area contributed by atoms with Crippen molar-refractivity contribution in [2.45, 2.75) is 58.3 Å². The van der Waals surface area contributed by atoms with Crippen molar-refractivity contribution in [3.05, 3.63) is 35.9 Å². The van der Waals surface area contributed by atoms with Crippen LogP contribution in [0.1, 0.15) is 32.8 Å². The number of carboxylic acid groups (broad SMARTS) is 1. The third kappa shape index (κ3) is 8.19. The summed E-state index contributed by atoms with van der Waals surface area (Å²) >= 11 is 0. The summed E-state index contributed by atoms with van der Waals surface area (Å²) in [6.45, 7) is 4.24. The summed E-state index contributed by atoms with van der Waals surface area (Å²) in [7, 11) is 0.858. The van der Waals surface area contributed by atoms with Crippen LogP contribution in [0.25, 0.3) is 0 Å². The van der Waals surface area contributed by atoms with Gasteiger partial charge in [-0.15, -0.1) is 0 Å². The molecule has 0 saturated carbocycles. The summed E-state index contributed by atoms with van der Waals surface area (Å²) in [6.07, 6.45) is -5.12. The molecular formula is C22H30FN3O8. The summed E-state index contributed by atoms with van der Waals surface area (Å²) in [5, 5.41) is 11.5. The summed E-state index contributed by atoms with van der Waals surface area (Å²) in [5.41, 5.74) is 6.30. The maximum absolute atomic E-state index is 14.0. The zero-order valence-corrected chi connectivity index (χ0v) is 19.4. The highest BCUT2D eigenvalue weighted by molar-refractivity contribution is 6.03. The van der Waals surface area contributed by atoms with Crippen LogP contribution in [0.5, 0.6) is 0 Å². The molecule has 0 fully saturated rings. The van der Waals surface area contributed by atoms with Crippen LogP contribution in [0.2, 0.25) is 0 Å². The number of rotatable bonds is 12. The number of nitrogens with zero attached hydrogens (tertiary/aromatic N) is 1. The average Bonchev–Trinajstić information content (AvgIpc) is 2.80. The van der Waals surface area contributed by atoms with E-state index in [1.165, 1.54) is 6.92 Å². The van der Waals surface area contributed by atoms with Gasteiger partial charge in [0.15, 0.2) is 0 Å². The third-order valence-corrected chi connectivity index (χ3v) is 4.83. The number of imide groups is 1. The number of Topliss-reactive ketones (excluding diaryl/α,β-unsaturated/α-hetero) is 1. The molecule has 12 heteroatoms. The summed E-state index contributed by atoms with van der Waals surface area (Å²) in [4.78, 5) is 62.3. The van der Waals surface area contributed by atoms with Crippen LogP contribution in [0.4, 0.5) is 9.18 Å². The van der Waals surface area contributed by atoms with Gasteiger partial charge in [0, 0.05) is 7.11 Å². The van der Waals surface area contributed by atoms with Gasteiger partial charge in [0.25, 0.3) is 12.3 Å². The lowest BCUT2D eigenvalue weighted by Crippen LogP contribution is -2.58. The Morgan fingerprint density at radius 3 is 2.21 bits per heavy atom. The number of hydrogen-bond donors (Lipinski definition) is 3. The number of halogens is 1. The Labute approximate surface area is 196 Å². The average molecular weight is 483 g/mol. The Morgan fingerprint density at radius 2 is 1.71 bits per heavy atom. The second-order valence-electron chi connectivity index (χ2n) is 7.82. The molecule has 0 aliphatic rings. The predicted octanol–water partition coefficient (Wildman–Crippen LogP) is 0.994. The number of nitrogens with two attached hydrogens (primary N) is 1. The van der Waals surface area contributed by atoms with Gasteiger partial charge in [0.2, 0.25) is 11.7 Å². The van der Waals surface area contributed by atoms with Gasteiger partial charge in [-0.1, -0.05) is 44.2 Å². The minimum absolute atomic E-state index is 0.191. The molecule has 1 rings (SSSR count). The molecule has 0 saturated heterocycles. The molecule has 1 aromatic carbocycles. The summed E-state index contributed by atoms with van der Waals surface area (Å²) < 4.78 is 23.4. The van der Waals surface area contributed by atoms with Crippen molar-refractivity contribution < 1.29 is 42.9 Å². The number of alkyl halides is 1. The van der Waals surface area contributed by atoms with Gasteiger partial charge < -0.3 is 25.6 Å². The summed E-state index contributed by atoms with van der Waals surface area (Å²) in [6, 6.07) is 3.81. The smallest absolute Gasteiger partial charge is 0.417 e. The molecular weight excluding hydrogens is 453 g/mol. The third-order valence-electron chi connectivity index (χ3n) is 4.83. The molecule has 188 valence electrons. The van der Waals surface area contributed by atoms with E-state index in [1.54, 1.807) is 44.2 Å². The Hall–Kier alpha value is -3.38. The molecule has 3 amide bonds. The molecule has 0 bridgehead atoms. The second kappa shape index (κ2) is 13.4. The number of benzene rings is 1. The number of ketones is 1. The number of carboxylic acids is 1. The van der Waals surface area contributed by atoms with Gasteiger partial charge in [0.05, 0.1) is 12.5 Å². The molecule has 0 spiro atoms. The molecule has 4 atom stereocenters. The van der Waals surface area contributed by atoms with Crippen LogP contribution in [0.15, 0.2) is 30.3 Å². The fourth-order valence-corrected chi connectivity index (χ4v) is 2.79. The van der Waals surface area contributed by atoms with Gasteiger partial charge >= 0.3 is 12.1 Å². The monoisotopic (exact) mass is 483 g/mol. The topological polar surface area (TPSA) is 165 Å². The number of ether oxygens (including phenoxy) is 2. The Balaban J connectivity index is 3.27. The number of methoxy groups -OCH3 is 1. The highest BCUT2D eigenvalue weighted by atomic mass is 19.1. The van der Waals surface area contributed by atoms with E-state index < -0.39 is 60.6 Å². The SMILES string of the molecule is COC(F)C(=O)[C@H](CC(=O)O)N(C(=O)OCc1ccccc1)C(=O)[C@H](C)NC(=O)[C@@H](N)C(C)C. The molecule has 0 aromatic heterocycles. The maximum Gasteiger partial charge on any atom is 0.417 e. The molecule has 0 radical (unpaired) electrons. The molecule has 0 aliphatic heterocycles. The highest BCUT2D eigenvalue weighted by Gasteiger charge is 2.42. The normalized spacial score (nSPS) is 14.4. The first kappa shape index (κ1) is 28.7. The van der Waals surface area contributed by atoms with E-state index in [1.807, 2.05) is 0 Å². The quantitative estimate of drug-likeness (QED) is 0.393. The van der Waals surface area contributed by atoms with Crippen molar-refractivity contribution in [3.63, 3.8) is 0 Å². The largest absolute Gasteiger partial charge is 0.481 e. The van der Waals surface area contributed by atoms with Gasteiger partial charge in [-0.2, -0.15) is 0 Å². The van der Waals surface area contributed by atoms with Gasteiger partial charge in [-0.25, -0.2) is 14.1 Å². The fraction of sp³-hybridized carbons (Fsp3) is 0.500. The number of carbonyl (C=O) groups is 5. The first-order valence-corrected chi connectivity index (χ1v) is 10.4. The van der Waals surface area contributed by atoms with Crippen LogP contribution in [-0.4, -0.2) is 71.3 Å². The van der Waals surface area contributed by atoms with Gasteiger partial charge in [0.1, 0.15) is 18.7 Å². The number of nitrogens with one attached hydrogen (secondary N) is 1. The molecule has 1 aromatic rings. The van der Waals surface area contributed by atoms with Crippen LogP contribution >= 0.6 is 0 Å². The highest BCUT2D eigenvalue weighted by Crippen LogP contribution is 2.16. The van der Waals surface area contributed by atoms with E-state index in [4.69, 9.17) is 10.5 Å². The van der Waals surface area contributed by atoms with Crippen LogP contribution in [0, 0.1) is 5.92 Å². The first-order chi connectivity index (χ1) is 15.9. The molecule has 0 aliphatic carbocycles. The van der Waals surface area contributed by atoms with Crippen LogP contribution < -0.4 is 11.1 Å². The van der Waals surface area contributed by atoms with Crippen molar-refractivity contribution in [3.8, 4) is 0 Å². The number of amides is 3. The van der Waals surface area contributed by atoms with Crippen molar-refractivity contribution >= 4 is 29.7 Å². The Bertz CT molecular complexity index is 880. The Kier molecular flexibility index (Phi) is 11.3. The lowest BCUT2D eigenvalue weighted by Gasteiger charge is -2.30. The van der Waals surface area contributed by atoms with Crippen molar-refractivity contribution in [2.24, 2.45) is 11.7 Å². The van der Waals surface area contributed by atoms with Gasteiger partial charge in [-0.05, 0) is 18.4 Å². The van der Waals surface area contributed by atoms with E-state index in [0.717, 1.165) is 7.11 Å². The lowest BCUT2D eigenvalue weighted by molar-refractivity contribution is -0.153. The summed E-state index contributed by atoms with van der Waals surface area (Å²) in [5.74, 6) is -5.24. The zero-order chi connectivity index (χ0) is 26.0. The number of aliphatic carboxylic acids is 1. The van der Waals surface area contributed by atoms with E-state index in [2.05, 4.69) is 10.1 Å².